The van der Waals surface area contributed by atoms with Gasteiger partial charge in [-0.1, -0.05) is 0 Å². The number of rotatable bonds is 4. The van der Waals surface area contributed by atoms with E-state index in [0.29, 0.717) is 18.8 Å². The second kappa shape index (κ2) is 4.57. The van der Waals surface area contributed by atoms with E-state index in [2.05, 4.69) is 5.32 Å². The molecule has 0 aromatic carbocycles. The molecule has 66 valence electrons. The molecule has 0 atom stereocenters. The van der Waals surface area contributed by atoms with E-state index in [-0.39, 0.29) is 11.4 Å². The monoisotopic (exact) mass is 178 g/mol. The molecule has 0 aliphatic carbocycles. The number of halogens is 1. The summed E-state index contributed by atoms with van der Waals surface area (Å²) in [7, 11) is 0. The normalized spacial score (nSPS) is 11.3. The summed E-state index contributed by atoms with van der Waals surface area (Å²) >= 11 is 5.38. The van der Waals surface area contributed by atoms with Crippen LogP contribution >= 0.6 is 11.6 Å². The van der Waals surface area contributed by atoms with E-state index in [9.17, 15) is 4.79 Å². The molecule has 0 heterocycles. The van der Waals surface area contributed by atoms with Crippen LogP contribution in [0.15, 0.2) is 0 Å². The lowest BCUT2D eigenvalue weighted by Gasteiger charge is -2.23. The van der Waals surface area contributed by atoms with Gasteiger partial charge in [0, 0.05) is 24.4 Å². The number of hydrogen-bond donors (Lipinski definition) is 2. The third kappa shape index (κ3) is 5.04. The third-order valence-corrected chi connectivity index (χ3v) is 1.50. The SMILES string of the molecule is CC(C)(CN)NC(=O)CCCl. The first-order valence-electron chi connectivity index (χ1n) is 3.59. The zero-order valence-electron chi connectivity index (χ0n) is 6.98. The van der Waals surface area contributed by atoms with Crippen molar-refractivity contribution in [3.63, 3.8) is 0 Å². The minimum Gasteiger partial charge on any atom is -0.350 e. The van der Waals surface area contributed by atoms with E-state index >= 15 is 0 Å². The molecule has 0 aliphatic heterocycles. The van der Waals surface area contributed by atoms with Crippen molar-refractivity contribution in [1.29, 1.82) is 0 Å². The van der Waals surface area contributed by atoms with Crippen LogP contribution in [-0.4, -0.2) is 23.9 Å². The Kier molecular flexibility index (Phi) is 4.45. The quantitative estimate of drug-likeness (QED) is 0.615. The second-order valence-electron chi connectivity index (χ2n) is 3.08. The van der Waals surface area contributed by atoms with Crippen LogP contribution in [0.3, 0.4) is 0 Å². The highest BCUT2D eigenvalue weighted by Gasteiger charge is 2.17. The number of nitrogens with one attached hydrogen (secondary N) is 1. The molecule has 0 rings (SSSR count). The van der Waals surface area contributed by atoms with Crippen LogP contribution in [0.25, 0.3) is 0 Å². The molecule has 0 spiro atoms. The lowest BCUT2D eigenvalue weighted by molar-refractivity contribution is -0.122. The van der Waals surface area contributed by atoms with Gasteiger partial charge in [0.15, 0.2) is 0 Å². The van der Waals surface area contributed by atoms with Crippen LogP contribution in [0.4, 0.5) is 0 Å². The fourth-order valence-electron chi connectivity index (χ4n) is 0.577. The summed E-state index contributed by atoms with van der Waals surface area (Å²) in [5.74, 6) is 0.308. The zero-order chi connectivity index (χ0) is 8.91. The molecule has 0 saturated carbocycles. The third-order valence-electron chi connectivity index (χ3n) is 1.31. The van der Waals surface area contributed by atoms with E-state index in [0.717, 1.165) is 0 Å². The number of carbonyl (C=O) groups excluding carboxylic acids is 1. The predicted molar refractivity (Wildman–Crippen MR) is 46.6 cm³/mol. The Hall–Kier alpha value is -0.280. The molecule has 0 aliphatic rings. The van der Waals surface area contributed by atoms with Crippen molar-refractivity contribution < 1.29 is 4.79 Å². The molecule has 0 aromatic rings. The summed E-state index contributed by atoms with van der Waals surface area (Å²) in [6.07, 6.45) is 0.352. The first-order chi connectivity index (χ1) is 5.02. The Labute approximate surface area is 72.3 Å². The van der Waals surface area contributed by atoms with E-state index in [1.165, 1.54) is 0 Å². The van der Waals surface area contributed by atoms with Crippen LogP contribution in [-0.2, 0) is 4.79 Å². The first kappa shape index (κ1) is 10.7. The smallest absolute Gasteiger partial charge is 0.221 e. The van der Waals surface area contributed by atoms with Gasteiger partial charge in [-0.05, 0) is 13.8 Å². The van der Waals surface area contributed by atoms with Gasteiger partial charge in [0.25, 0.3) is 0 Å². The molecule has 3 N–H and O–H groups in total. The van der Waals surface area contributed by atoms with Crippen LogP contribution in [0.1, 0.15) is 20.3 Å². The number of alkyl halides is 1. The number of carbonyl (C=O) groups is 1. The summed E-state index contributed by atoms with van der Waals surface area (Å²) in [6.45, 7) is 4.18. The molecule has 3 nitrogen and oxygen atoms in total. The van der Waals surface area contributed by atoms with Crippen molar-refractivity contribution >= 4 is 17.5 Å². The molecular weight excluding hydrogens is 164 g/mol. The van der Waals surface area contributed by atoms with Crippen LogP contribution in [0.5, 0.6) is 0 Å². The Morgan fingerprint density at radius 1 is 1.64 bits per heavy atom. The van der Waals surface area contributed by atoms with Crippen molar-refractivity contribution in [2.24, 2.45) is 5.73 Å². The predicted octanol–water partition coefficient (Wildman–Crippen LogP) is 0.469. The highest BCUT2D eigenvalue weighted by atomic mass is 35.5. The molecule has 0 fully saturated rings. The van der Waals surface area contributed by atoms with Crippen molar-refractivity contribution in [3.8, 4) is 0 Å². The molecular formula is C7H15ClN2O. The molecule has 0 radical (unpaired) electrons. The lowest BCUT2D eigenvalue weighted by Crippen LogP contribution is -2.48. The highest BCUT2D eigenvalue weighted by molar-refractivity contribution is 6.18. The van der Waals surface area contributed by atoms with E-state index < -0.39 is 0 Å². The minimum absolute atomic E-state index is 0.0459. The number of hydrogen-bond acceptors (Lipinski definition) is 2. The van der Waals surface area contributed by atoms with Crippen molar-refractivity contribution in [2.75, 3.05) is 12.4 Å². The van der Waals surface area contributed by atoms with Crippen LogP contribution < -0.4 is 11.1 Å². The molecule has 4 heteroatoms. The summed E-state index contributed by atoms with van der Waals surface area (Å²) in [4.78, 5) is 11.0. The minimum atomic E-state index is -0.316. The van der Waals surface area contributed by atoms with Gasteiger partial charge < -0.3 is 11.1 Å². The zero-order valence-corrected chi connectivity index (χ0v) is 7.74. The molecule has 0 aromatic heterocycles. The fraction of sp³-hybridized carbons (Fsp3) is 0.857. The largest absolute Gasteiger partial charge is 0.350 e. The lowest BCUT2D eigenvalue weighted by atomic mass is 10.1. The molecule has 1 amide bonds. The average Bonchev–Trinajstić information content (AvgIpc) is 1.87. The number of nitrogens with two attached hydrogens (primary N) is 1. The van der Waals surface area contributed by atoms with Gasteiger partial charge in [0.05, 0.1) is 0 Å². The maximum absolute atomic E-state index is 11.0. The molecule has 11 heavy (non-hydrogen) atoms. The van der Waals surface area contributed by atoms with Gasteiger partial charge >= 0.3 is 0 Å². The first-order valence-corrected chi connectivity index (χ1v) is 4.12. The van der Waals surface area contributed by atoms with Crippen LogP contribution in [0.2, 0.25) is 0 Å². The van der Waals surface area contributed by atoms with Gasteiger partial charge in [0.1, 0.15) is 0 Å². The number of amides is 1. The van der Waals surface area contributed by atoms with Gasteiger partial charge in [-0.25, -0.2) is 0 Å². The Morgan fingerprint density at radius 2 is 2.18 bits per heavy atom. The Balaban J connectivity index is 3.74. The second-order valence-corrected chi connectivity index (χ2v) is 3.45. The molecule has 0 bridgehead atoms. The van der Waals surface area contributed by atoms with E-state index in [1.54, 1.807) is 0 Å². The topological polar surface area (TPSA) is 55.1 Å². The van der Waals surface area contributed by atoms with Gasteiger partial charge in [-0.2, -0.15) is 0 Å². The summed E-state index contributed by atoms with van der Waals surface area (Å²) in [5.41, 5.74) is 5.09. The highest BCUT2D eigenvalue weighted by Crippen LogP contribution is 1.98. The molecule has 0 saturated heterocycles. The Bertz CT molecular complexity index is 136. The van der Waals surface area contributed by atoms with E-state index in [1.807, 2.05) is 13.8 Å². The van der Waals surface area contributed by atoms with E-state index in [4.69, 9.17) is 17.3 Å². The van der Waals surface area contributed by atoms with Crippen molar-refractivity contribution in [3.05, 3.63) is 0 Å². The molecule has 0 unspecified atom stereocenters. The van der Waals surface area contributed by atoms with Gasteiger partial charge in [0.2, 0.25) is 5.91 Å². The maximum atomic E-state index is 11.0. The van der Waals surface area contributed by atoms with Crippen LogP contribution in [0, 0.1) is 0 Å². The van der Waals surface area contributed by atoms with Crippen molar-refractivity contribution in [2.45, 2.75) is 25.8 Å². The standard InChI is InChI=1S/C7H15ClN2O/c1-7(2,5-9)10-6(11)3-4-8/h3-5,9H2,1-2H3,(H,10,11). The van der Waals surface area contributed by atoms with Gasteiger partial charge in [-0.15, -0.1) is 11.6 Å². The maximum Gasteiger partial charge on any atom is 0.221 e. The Morgan fingerprint density at radius 3 is 2.55 bits per heavy atom. The van der Waals surface area contributed by atoms with Crippen molar-refractivity contribution in [1.82, 2.24) is 5.32 Å². The average molecular weight is 179 g/mol. The summed E-state index contributed by atoms with van der Waals surface area (Å²) < 4.78 is 0. The summed E-state index contributed by atoms with van der Waals surface area (Å²) in [6, 6.07) is 0. The summed E-state index contributed by atoms with van der Waals surface area (Å²) in [5, 5.41) is 2.76. The fourth-order valence-corrected chi connectivity index (χ4v) is 0.748. The van der Waals surface area contributed by atoms with Gasteiger partial charge in [-0.3, -0.25) is 4.79 Å².